The molecule has 3 amide bonds. The highest BCUT2D eigenvalue weighted by Crippen LogP contribution is 2.45. The molecular weight excluding hydrogens is 590 g/mol. The van der Waals surface area contributed by atoms with Gasteiger partial charge in [-0.25, -0.2) is 4.79 Å². The van der Waals surface area contributed by atoms with E-state index in [-0.39, 0.29) is 23.7 Å². The number of rotatable bonds is 5. The fourth-order valence-corrected chi connectivity index (χ4v) is 7.90. The van der Waals surface area contributed by atoms with Gasteiger partial charge in [-0.15, -0.1) is 6.42 Å². The molecule has 0 unspecified atom stereocenters. The molecule has 1 spiro atoms. The maximum Gasteiger partial charge on any atom is 0.410 e. The van der Waals surface area contributed by atoms with Gasteiger partial charge in [0.2, 0.25) is 5.91 Å². The molecule has 3 N–H and O–H groups in total. The number of anilines is 2. The minimum atomic E-state index is -1.04. The maximum atomic E-state index is 14.0. The monoisotopic (exact) mass is 631 g/mol. The van der Waals surface area contributed by atoms with Gasteiger partial charge in [0.15, 0.2) is 6.10 Å². The number of para-hydroxylation sites is 1. The fraction of sp³-hybridized carbons (Fsp3) is 0.514. The number of carbonyl (C=O) groups is 3. The quantitative estimate of drug-likeness (QED) is 0.363. The lowest BCUT2D eigenvalue weighted by atomic mass is 9.68. The van der Waals surface area contributed by atoms with Gasteiger partial charge in [-0.2, -0.15) is 0 Å². The summed E-state index contributed by atoms with van der Waals surface area (Å²) in [5, 5.41) is 3.28. The standard InChI is InChI=1S/C35H42ClN5O4/c1-2-25-20-24(21-28(36)32(25)37)22-30(33(43)40-16-10-26(11-17-40)39-14-6-3-7-15-39)45-34(44)41-18-12-35(13-19-41)23-31(42)38-29-9-5-4-8-27(29)35/h1,4-5,8-9,20-21,26,30H,3,6-7,10-19,22-23,37H2,(H,38,42)/t30-/m1/s1. The zero-order chi connectivity index (χ0) is 31.6. The molecule has 3 saturated heterocycles. The number of halogens is 1. The van der Waals surface area contributed by atoms with Crippen molar-refractivity contribution in [2.24, 2.45) is 0 Å². The lowest BCUT2D eigenvalue weighted by Gasteiger charge is -2.44. The number of hydrogen-bond donors (Lipinski definition) is 2. The third kappa shape index (κ3) is 6.63. The Morgan fingerprint density at radius 1 is 1.04 bits per heavy atom. The summed E-state index contributed by atoms with van der Waals surface area (Å²) in [4.78, 5) is 46.3. The van der Waals surface area contributed by atoms with E-state index in [4.69, 9.17) is 28.5 Å². The van der Waals surface area contributed by atoms with E-state index in [0.29, 0.717) is 73.3 Å². The van der Waals surface area contributed by atoms with E-state index in [1.54, 1.807) is 17.0 Å². The Bertz CT molecular complexity index is 1480. The highest BCUT2D eigenvalue weighted by atomic mass is 35.5. The van der Waals surface area contributed by atoms with Gasteiger partial charge < -0.3 is 30.5 Å². The first-order chi connectivity index (χ1) is 21.8. The number of amides is 3. The first-order valence-electron chi connectivity index (χ1n) is 16.2. The van der Waals surface area contributed by atoms with Crippen LogP contribution in [0.5, 0.6) is 0 Å². The predicted molar refractivity (Wildman–Crippen MR) is 175 cm³/mol. The average Bonchev–Trinajstić information content (AvgIpc) is 3.06. The molecule has 238 valence electrons. The molecular formula is C35H42ClN5O4. The molecule has 0 aromatic heterocycles. The van der Waals surface area contributed by atoms with Crippen LogP contribution in [0.15, 0.2) is 36.4 Å². The van der Waals surface area contributed by atoms with Crippen molar-refractivity contribution in [2.45, 2.75) is 75.3 Å². The summed E-state index contributed by atoms with van der Waals surface area (Å²) in [6, 6.07) is 11.8. The van der Waals surface area contributed by atoms with Gasteiger partial charge in [0, 0.05) is 61.7 Å². The van der Waals surface area contributed by atoms with E-state index in [1.807, 2.05) is 23.1 Å². The average molecular weight is 632 g/mol. The third-order valence-electron chi connectivity index (χ3n) is 10.2. The number of fused-ring (bicyclic) bond motifs is 2. The molecule has 45 heavy (non-hydrogen) atoms. The van der Waals surface area contributed by atoms with Gasteiger partial charge in [-0.05, 0) is 80.9 Å². The highest BCUT2D eigenvalue weighted by molar-refractivity contribution is 6.33. The zero-order valence-corrected chi connectivity index (χ0v) is 26.5. The van der Waals surface area contributed by atoms with Gasteiger partial charge in [-0.3, -0.25) is 9.59 Å². The van der Waals surface area contributed by atoms with Crippen LogP contribution in [-0.2, 0) is 26.2 Å². The van der Waals surface area contributed by atoms with Gasteiger partial charge in [0.25, 0.3) is 5.91 Å². The first kappa shape index (κ1) is 31.3. The fourth-order valence-electron chi connectivity index (χ4n) is 7.65. The van der Waals surface area contributed by atoms with Crippen molar-refractivity contribution in [3.63, 3.8) is 0 Å². The van der Waals surface area contributed by atoms with Crippen LogP contribution in [0.4, 0.5) is 16.2 Å². The van der Waals surface area contributed by atoms with Crippen molar-refractivity contribution in [1.82, 2.24) is 14.7 Å². The molecule has 6 rings (SSSR count). The zero-order valence-electron chi connectivity index (χ0n) is 25.7. The predicted octanol–water partition coefficient (Wildman–Crippen LogP) is 4.80. The van der Waals surface area contributed by atoms with Crippen molar-refractivity contribution in [1.29, 1.82) is 0 Å². The van der Waals surface area contributed by atoms with Gasteiger partial charge >= 0.3 is 6.09 Å². The normalized spacial score (nSPS) is 21.0. The van der Waals surface area contributed by atoms with Crippen LogP contribution in [0.2, 0.25) is 5.02 Å². The Hall–Kier alpha value is -3.74. The number of terminal acetylenes is 1. The van der Waals surface area contributed by atoms with Gasteiger partial charge in [0.1, 0.15) is 0 Å². The molecule has 9 nitrogen and oxygen atoms in total. The van der Waals surface area contributed by atoms with Crippen molar-refractivity contribution in [2.75, 3.05) is 50.3 Å². The first-order valence-corrected chi connectivity index (χ1v) is 16.6. The Kier molecular flexibility index (Phi) is 9.25. The second kappa shape index (κ2) is 13.3. The van der Waals surface area contributed by atoms with Crippen LogP contribution >= 0.6 is 11.6 Å². The summed E-state index contributed by atoms with van der Waals surface area (Å²) in [7, 11) is 0. The minimum absolute atomic E-state index is 0.00654. The van der Waals surface area contributed by atoms with E-state index in [2.05, 4.69) is 22.2 Å². The molecule has 2 aromatic carbocycles. The summed E-state index contributed by atoms with van der Waals surface area (Å²) in [6.45, 7) is 4.36. The summed E-state index contributed by atoms with van der Waals surface area (Å²) >= 11 is 6.38. The summed E-state index contributed by atoms with van der Waals surface area (Å²) in [5.41, 5.74) is 9.11. The number of nitrogens with two attached hydrogens (primary N) is 1. The smallest absolute Gasteiger partial charge is 0.410 e. The number of piperidine rings is 3. The second-order valence-electron chi connectivity index (χ2n) is 13.0. The molecule has 0 saturated carbocycles. The van der Waals surface area contributed by atoms with Crippen molar-refractivity contribution < 1.29 is 19.1 Å². The molecule has 0 radical (unpaired) electrons. The number of likely N-dealkylation sites (tertiary alicyclic amines) is 3. The van der Waals surface area contributed by atoms with Crippen molar-refractivity contribution >= 4 is 40.9 Å². The number of ether oxygens (including phenoxy) is 1. The van der Waals surface area contributed by atoms with Crippen molar-refractivity contribution in [3.05, 3.63) is 58.1 Å². The number of nitrogen functional groups attached to an aromatic ring is 1. The largest absolute Gasteiger partial charge is 0.436 e. The summed E-state index contributed by atoms with van der Waals surface area (Å²) in [6.07, 6.45) is 11.5. The summed E-state index contributed by atoms with van der Waals surface area (Å²) < 4.78 is 6.04. The van der Waals surface area contributed by atoms with Crippen LogP contribution in [0.25, 0.3) is 0 Å². The lowest BCUT2D eigenvalue weighted by Crippen LogP contribution is -2.52. The number of benzene rings is 2. The molecule has 0 aliphatic carbocycles. The van der Waals surface area contributed by atoms with E-state index >= 15 is 0 Å². The van der Waals surface area contributed by atoms with Crippen LogP contribution < -0.4 is 11.1 Å². The van der Waals surface area contributed by atoms with E-state index < -0.39 is 12.2 Å². The molecule has 2 aromatic rings. The van der Waals surface area contributed by atoms with Crippen LogP contribution in [0, 0.1) is 12.3 Å². The molecule has 4 aliphatic rings. The molecule has 3 fully saturated rings. The Morgan fingerprint density at radius 3 is 2.47 bits per heavy atom. The highest BCUT2D eigenvalue weighted by Gasteiger charge is 2.44. The topological polar surface area (TPSA) is 108 Å². The Balaban J connectivity index is 1.16. The van der Waals surface area contributed by atoms with E-state index in [0.717, 1.165) is 37.2 Å². The van der Waals surface area contributed by atoms with Crippen LogP contribution in [-0.4, -0.2) is 84.0 Å². The number of hydrogen-bond acceptors (Lipinski definition) is 6. The van der Waals surface area contributed by atoms with E-state index in [9.17, 15) is 14.4 Å². The van der Waals surface area contributed by atoms with Gasteiger partial charge in [0.05, 0.1) is 10.7 Å². The van der Waals surface area contributed by atoms with Gasteiger partial charge in [-0.1, -0.05) is 42.1 Å². The molecule has 4 aliphatic heterocycles. The third-order valence-corrected chi connectivity index (χ3v) is 10.5. The molecule has 0 bridgehead atoms. The lowest BCUT2D eigenvalue weighted by molar-refractivity contribution is -0.142. The Morgan fingerprint density at radius 2 is 1.76 bits per heavy atom. The molecule has 4 heterocycles. The van der Waals surface area contributed by atoms with Crippen LogP contribution in [0.3, 0.4) is 0 Å². The minimum Gasteiger partial charge on any atom is -0.436 e. The second-order valence-corrected chi connectivity index (χ2v) is 13.4. The Labute approximate surface area is 270 Å². The summed E-state index contributed by atoms with van der Waals surface area (Å²) in [5.74, 6) is 2.34. The number of carbonyl (C=O) groups excluding carboxylic acids is 3. The maximum absolute atomic E-state index is 14.0. The molecule has 1 atom stereocenters. The SMILES string of the molecule is C#Cc1cc(C[C@@H](OC(=O)N2CCC3(CC2)CC(=O)Nc2ccccc23)C(=O)N2CCC(N3CCCCC3)CC2)cc(Cl)c1N. The van der Waals surface area contributed by atoms with Crippen LogP contribution in [0.1, 0.15) is 68.1 Å². The number of nitrogens with one attached hydrogen (secondary N) is 1. The number of nitrogens with zero attached hydrogens (tertiary/aromatic N) is 3. The van der Waals surface area contributed by atoms with Crippen molar-refractivity contribution in [3.8, 4) is 12.3 Å². The van der Waals surface area contributed by atoms with E-state index in [1.165, 1.54) is 19.3 Å². The molecule has 10 heteroatoms.